The molecule has 3 aromatic carbocycles. The lowest BCUT2D eigenvalue weighted by Gasteiger charge is -2.10. The molecule has 0 atom stereocenters. The minimum Gasteiger partial charge on any atom is -0.457 e. The Hall–Kier alpha value is -3.76. The third kappa shape index (κ3) is 5.41. The first-order chi connectivity index (χ1) is 16.3. The molecule has 8 nitrogen and oxygen atoms in total. The SMILES string of the molecule is CCS(=O)(=O)c1ccc(-c2ccc(NS(=O)(=O)c3ccc(Oc4ccccc4)cc3)cc2)nn1. The van der Waals surface area contributed by atoms with Crippen molar-refractivity contribution in [3.8, 4) is 22.8 Å². The minimum absolute atomic E-state index is 0.0569. The van der Waals surface area contributed by atoms with Crippen LogP contribution >= 0.6 is 0 Å². The highest BCUT2D eigenvalue weighted by atomic mass is 32.2. The van der Waals surface area contributed by atoms with Gasteiger partial charge in [0.1, 0.15) is 11.5 Å². The maximum absolute atomic E-state index is 12.8. The Balaban J connectivity index is 1.45. The Morgan fingerprint density at radius 3 is 1.97 bits per heavy atom. The van der Waals surface area contributed by atoms with E-state index in [1.54, 1.807) is 42.5 Å². The van der Waals surface area contributed by atoms with Gasteiger partial charge in [-0.1, -0.05) is 37.3 Å². The van der Waals surface area contributed by atoms with Crippen LogP contribution in [0.25, 0.3) is 11.3 Å². The molecule has 0 fully saturated rings. The van der Waals surface area contributed by atoms with Crippen LogP contribution in [0, 0.1) is 0 Å². The van der Waals surface area contributed by atoms with Crippen LogP contribution in [0.4, 0.5) is 5.69 Å². The van der Waals surface area contributed by atoms with Crippen molar-refractivity contribution in [3.05, 3.63) is 91.0 Å². The zero-order chi connectivity index (χ0) is 24.2. The van der Waals surface area contributed by atoms with Crippen LogP contribution in [0.1, 0.15) is 6.92 Å². The molecule has 0 aliphatic carbocycles. The Kier molecular flexibility index (Phi) is 6.62. The van der Waals surface area contributed by atoms with Gasteiger partial charge in [0.25, 0.3) is 10.0 Å². The number of hydrogen-bond donors (Lipinski definition) is 1. The molecule has 4 rings (SSSR count). The fourth-order valence-electron chi connectivity index (χ4n) is 3.02. The van der Waals surface area contributed by atoms with Crippen LogP contribution in [0.3, 0.4) is 0 Å². The predicted octanol–water partition coefficient (Wildman–Crippen LogP) is 4.53. The van der Waals surface area contributed by atoms with Crippen LogP contribution in [-0.2, 0) is 19.9 Å². The molecule has 174 valence electrons. The number of nitrogens with one attached hydrogen (secondary N) is 1. The van der Waals surface area contributed by atoms with E-state index in [9.17, 15) is 16.8 Å². The van der Waals surface area contributed by atoms with Gasteiger partial charge >= 0.3 is 0 Å². The van der Waals surface area contributed by atoms with Crippen LogP contribution < -0.4 is 9.46 Å². The summed E-state index contributed by atoms with van der Waals surface area (Å²) in [7, 11) is -7.23. The van der Waals surface area contributed by atoms with Gasteiger partial charge in [0, 0.05) is 11.3 Å². The standard InChI is InChI=1S/C24H21N3O5S2/c1-2-33(28,29)24-17-16-23(25-26-24)18-8-10-19(11-9-18)27-34(30,31)22-14-12-21(13-15-22)32-20-6-4-3-5-7-20/h3-17,27H,2H2,1H3. The molecular weight excluding hydrogens is 474 g/mol. The van der Waals surface area contributed by atoms with Crippen molar-refractivity contribution in [2.45, 2.75) is 16.8 Å². The molecule has 0 aliphatic heterocycles. The number of ether oxygens (including phenoxy) is 1. The Morgan fingerprint density at radius 2 is 1.38 bits per heavy atom. The van der Waals surface area contributed by atoms with E-state index in [0.717, 1.165) is 0 Å². The lowest BCUT2D eigenvalue weighted by molar-refractivity contribution is 0.482. The number of para-hydroxylation sites is 1. The molecule has 1 N–H and O–H groups in total. The molecule has 0 amide bonds. The van der Waals surface area contributed by atoms with E-state index in [-0.39, 0.29) is 15.7 Å². The highest BCUT2D eigenvalue weighted by Crippen LogP contribution is 2.25. The first-order valence-corrected chi connectivity index (χ1v) is 13.4. The average molecular weight is 496 g/mol. The molecule has 0 unspecified atom stereocenters. The molecule has 4 aromatic rings. The third-order valence-corrected chi connectivity index (χ3v) is 7.90. The molecule has 0 bridgehead atoms. The number of nitrogens with zero attached hydrogens (tertiary/aromatic N) is 2. The summed E-state index contributed by atoms with van der Waals surface area (Å²) in [5.41, 5.74) is 1.50. The van der Waals surface area contributed by atoms with E-state index in [4.69, 9.17) is 4.74 Å². The number of rotatable bonds is 8. The molecule has 0 aliphatic rings. The van der Waals surface area contributed by atoms with Crippen LogP contribution in [0.2, 0.25) is 0 Å². The number of sulfonamides is 1. The molecular formula is C24H21N3O5S2. The number of benzene rings is 3. The molecule has 34 heavy (non-hydrogen) atoms. The smallest absolute Gasteiger partial charge is 0.261 e. The summed E-state index contributed by atoms with van der Waals surface area (Å²) >= 11 is 0. The second-order valence-electron chi connectivity index (χ2n) is 7.23. The summed E-state index contributed by atoms with van der Waals surface area (Å²) < 4.78 is 57.5. The van der Waals surface area contributed by atoms with E-state index in [2.05, 4.69) is 14.9 Å². The molecule has 0 spiro atoms. The van der Waals surface area contributed by atoms with Crippen LogP contribution in [-0.4, -0.2) is 32.8 Å². The molecule has 10 heteroatoms. The van der Waals surface area contributed by atoms with Crippen molar-refractivity contribution in [1.29, 1.82) is 0 Å². The monoisotopic (exact) mass is 495 g/mol. The van der Waals surface area contributed by atoms with E-state index >= 15 is 0 Å². The predicted molar refractivity (Wildman–Crippen MR) is 129 cm³/mol. The number of hydrogen-bond acceptors (Lipinski definition) is 7. The van der Waals surface area contributed by atoms with E-state index in [1.807, 2.05) is 30.3 Å². The van der Waals surface area contributed by atoms with Gasteiger partial charge in [0.2, 0.25) is 0 Å². The fraction of sp³-hybridized carbons (Fsp3) is 0.0833. The zero-order valence-corrected chi connectivity index (χ0v) is 19.8. The highest BCUT2D eigenvalue weighted by molar-refractivity contribution is 7.92. The van der Waals surface area contributed by atoms with E-state index in [0.29, 0.717) is 28.4 Å². The maximum atomic E-state index is 12.8. The van der Waals surface area contributed by atoms with E-state index in [1.165, 1.54) is 25.1 Å². The lowest BCUT2D eigenvalue weighted by Crippen LogP contribution is -2.12. The van der Waals surface area contributed by atoms with Gasteiger partial charge in [-0.05, 0) is 60.7 Å². The van der Waals surface area contributed by atoms with Crippen LogP contribution in [0.15, 0.2) is 101 Å². The Morgan fingerprint density at radius 1 is 0.735 bits per heavy atom. The lowest BCUT2D eigenvalue weighted by atomic mass is 10.1. The van der Waals surface area contributed by atoms with E-state index < -0.39 is 19.9 Å². The topological polar surface area (TPSA) is 115 Å². The number of sulfone groups is 1. The van der Waals surface area contributed by atoms with Crippen molar-refractivity contribution < 1.29 is 21.6 Å². The van der Waals surface area contributed by atoms with Crippen molar-refractivity contribution in [3.63, 3.8) is 0 Å². The maximum Gasteiger partial charge on any atom is 0.261 e. The number of aromatic nitrogens is 2. The second kappa shape index (κ2) is 9.62. The second-order valence-corrected chi connectivity index (χ2v) is 11.1. The number of anilines is 1. The quantitative estimate of drug-likeness (QED) is 0.382. The molecule has 0 saturated carbocycles. The van der Waals surface area contributed by atoms with Crippen molar-refractivity contribution in [1.82, 2.24) is 10.2 Å². The van der Waals surface area contributed by atoms with Gasteiger partial charge in [0.15, 0.2) is 14.9 Å². The molecule has 1 aromatic heterocycles. The Labute approximate surface area is 198 Å². The normalized spacial score (nSPS) is 11.7. The van der Waals surface area contributed by atoms with Gasteiger partial charge in [-0.25, -0.2) is 16.8 Å². The van der Waals surface area contributed by atoms with Gasteiger partial charge in [0.05, 0.1) is 16.3 Å². The van der Waals surface area contributed by atoms with Crippen molar-refractivity contribution in [2.24, 2.45) is 0 Å². The Bertz CT molecular complexity index is 1470. The summed E-state index contributed by atoms with van der Waals surface area (Å²) in [5, 5.41) is 7.69. The third-order valence-electron chi connectivity index (χ3n) is 4.88. The molecule has 0 radical (unpaired) electrons. The first kappa shape index (κ1) is 23.4. The fourth-order valence-corrected chi connectivity index (χ4v) is 4.82. The minimum atomic E-state index is -3.81. The van der Waals surface area contributed by atoms with Gasteiger partial charge < -0.3 is 4.74 Å². The van der Waals surface area contributed by atoms with Crippen LogP contribution in [0.5, 0.6) is 11.5 Å². The summed E-state index contributed by atoms with van der Waals surface area (Å²) in [6.45, 7) is 1.54. The van der Waals surface area contributed by atoms with Crippen molar-refractivity contribution in [2.75, 3.05) is 10.5 Å². The van der Waals surface area contributed by atoms with Crippen molar-refractivity contribution >= 4 is 25.5 Å². The van der Waals surface area contributed by atoms with Gasteiger partial charge in [-0.2, -0.15) is 0 Å². The first-order valence-electron chi connectivity index (χ1n) is 10.3. The van der Waals surface area contributed by atoms with Gasteiger partial charge in [-0.3, -0.25) is 4.72 Å². The molecule has 0 saturated heterocycles. The summed E-state index contributed by atoms with van der Waals surface area (Å²) in [6.07, 6.45) is 0. The average Bonchev–Trinajstić information content (AvgIpc) is 2.85. The summed E-state index contributed by atoms with van der Waals surface area (Å²) in [5.74, 6) is 1.12. The summed E-state index contributed by atoms with van der Waals surface area (Å²) in [4.78, 5) is 0.0931. The largest absolute Gasteiger partial charge is 0.457 e. The molecule has 1 heterocycles. The summed E-state index contributed by atoms with van der Waals surface area (Å²) in [6, 6.07) is 24.8. The zero-order valence-electron chi connectivity index (χ0n) is 18.1. The highest BCUT2D eigenvalue weighted by Gasteiger charge is 2.16. The van der Waals surface area contributed by atoms with Gasteiger partial charge in [-0.15, -0.1) is 10.2 Å².